The van der Waals surface area contributed by atoms with Crippen LogP contribution in [0.5, 0.6) is 5.88 Å². The normalized spacial score (nSPS) is 18.9. The van der Waals surface area contributed by atoms with Crippen molar-refractivity contribution in [2.45, 2.75) is 65.1 Å². The number of ether oxygens (including phenoxy) is 2. The van der Waals surface area contributed by atoms with Crippen LogP contribution in [0.15, 0.2) is 18.3 Å². The Morgan fingerprint density at radius 3 is 2.40 bits per heavy atom. The van der Waals surface area contributed by atoms with Crippen LogP contribution in [0.1, 0.15) is 52.0 Å². The van der Waals surface area contributed by atoms with Gasteiger partial charge in [-0.2, -0.15) is 5.10 Å². The van der Waals surface area contributed by atoms with Crippen LogP contribution in [0.4, 0.5) is 4.79 Å². The van der Waals surface area contributed by atoms with E-state index in [2.05, 4.69) is 15.3 Å². The van der Waals surface area contributed by atoms with Gasteiger partial charge in [0.2, 0.25) is 5.88 Å². The van der Waals surface area contributed by atoms with E-state index in [0.717, 1.165) is 55.7 Å². The molecule has 8 heteroatoms. The average molecular weight is 414 g/mol. The summed E-state index contributed by atoms with van der Waals surface area (Å²) in [5, 5.41) is 12.8. The maximum Gasteiger partial charge on any atom is 0.410 e. The molecule has 30 heavy (non-hydrogen) atoms. The molecular weight excluding hydrogens is 382 g/mol. The van der Waals surface area contributed by atoms with E-state index < -0.39 is 5.60 Å². The lowest BCUT2D eigenvalue weighted by Crippen LogP contribution is -2.52. The van der Waals surface area contributed by atoms with Crippen LogP contribution in [0, 0.1) is 12.3 Å². The van der Waals surface area contributed by atoms with Gasteiger partial charge in [0.25, 0.3) is 0 Å². The second-order valence-electron chi connectivity index (χ2n) is 9.67. The number of piperidine rings is 1. The second-order valence-corrected chi connectivity index (χ2v) is 9.67. The number of hydrogen-bond donors (Lipinski definition) is 0. The molecule has 0 bridgehead atoms. The van der Waals surface area contributed by atoms with Gasteiger partial charge in [0.15, 0.2) is 0 Å². The number of aromatic nitrogens is 4. The topological polar surface area (TPSA) is 82.4 Å². The maximum atomic E-state index is 12.2. The Hall–Kier alpha value is -2.64. The third kappa shape index (κ3) is 4.27. The number of rotatable bonds is 3. The monoisotopic (exact) mass is 413 g/mol. The molecule has 4 rings (SSSR count). The number of nitrogens with zero attached hydrogens (tertiary/aromatic N) is 5. The number of aryl methyl sites for hydroxylation is 2. The summed E-state index contributed by atoms with van der Waals surface area (Å²) in [5.74, 6) is 0.560. The predicted octanol–water partition coefficient (Wildman–Crippen LogP) is 3.74. The maximum absolute atomic E-state index is 12.2. The van der Waals surface area contributed by atoms with Crippen molar-refractivity contribution in [2.24, 2.45) is 12.5 Å². The first-order valence-corrected chi connectivity index (χ1v) is 10.6. The van der Waals surface area contributed by atoms with Gasteiger partial charge in [0, 0.05) is 26.2 Å². The van der Waals surface area contributed by atoms with E-state index in [1.165, 1.54) is 0 Å². The van der Waals surface area contributed by atoms with Gasteiger partial charge in [-0.15, -0.1) is 10.2 Å². The lowest BCUT2D eigenvalue weighted by Gasteiger charge is -2.51. The molecule has 3 heterocycles. The molecule has 2 aliphatic rings. The lowest BCUT2D eigenvalue weighted by atomic mass is 9.61. The Morgan fingerprint density at radius 2 is 1.87 bits per heavy atom. The third-order valence-electron chi connectivity index (χ3n) is 6.09. The first-order chi connectivity index (χ1) is 14.1. The first kappa shape index (κ1) is 20.6. The zero-order valence-electron chi connectivity index (χ0n) is 18.5. The molecule has 1 amide bonds. The van der Waals surface area contributed by atoms with Gasteiger partial charge < -0.3 is 14.4 Å². The van der Waals surface area contributed by atoms with Crippen LogP contribution in [0.25, 0.3) is 11.4 Å². The highest BCUT2D eigenvalue weighted by molar-refractivity contribution is 5.68. The average Bonchev–Trinajstić information content (AvgIpc) is 2.99. The molecule has 0 N–H and O–H groups in total. The number of amides is 1. The largest absolute Gasteiger partial charge is 0.473 e. The summed E-state index contributed by atoms with van der Waals surface area (Å²) in [7, 11) is 1.90. The molecule has 2 aromatic rings. The Balaban J connectivity index is 1.27. The highest BCUT2D eigenvalue weighted by Gasteiger charge is 2.48. The van der Waals surface area contributed by atoms with Crippen molar-refractivity contribution < 1.29 is 14.3 Å². The quantitative estimate of drug-likeness (QED) is 0.762. The molecule has 1 aliphatic carbocycles. The molecule has 2 aromatic heterocycles. The smallest absolute Gasteiger partial charge is 0.410 e. The highest BCUT2D eigenvalue weighted by Crippen LogP contribution is 2.50. The fourth-order valence-electron chi connectivity index (χ4n) is 4.48. The third-order valence-corrected chi connectivity index (χ3v) is 6.09. The number of hydrogen-bond acceptors (Lipinski definition) is 6. The van der Waals surface area contributed by atoms with Crippen molar-refractivity contribution in [2.75, 3.05) is 13.1 Å². The standard InChI is InChI=1S/C22H31N5O3/c1-15-14-23-26(5)19(15)17-6-7-18(25-24-17)29-16-12-22(13-16)8-10-27(11-9-22)20(28)30-21(2,3)4/h6-7,14,16H,8-13H2,1-5H3. The Bertz CT molecular complexity index is 880. The number of likely N-dealkylation sites (tertiary alicyclic amines) is 1. The summed E-state index contributed by atoms with van der Waals surface area (Å²) < 4.78 is 13.3. The molecule has 0 aromatic carbocycles. The summed E-state index contributed by atoms with van der Waals surface area (Å²) in [6, 6.07) is 3.81. The van der Waals surface area contributed by atoms with Gasteiger partial charge in [0.05, 0.1) is 11.9 Å². The van der Waals surface area contributed by atoms with Crippen molar-refractivity contribution in [3.63, 3.8) is 0 Å². The van der Waals surface area contributed by atoms with Crippen LogP contribution in [0.3, 0.4) is 0 Å². The number of carbonyl (C=O) groups excluding carboxylic acids is 1. The fraction of sp³-hybridized carbons (Fsp3) is 0.636. The molecular formula is C22H31N5O3. The summed E-state index contributed by atoms with van der Waals surface area (Å²) in [4.78, 5) is 14.1. The van der Waals surface area contributed by atoms with E-state index in [9.17, 15) is 4.79 Å². The minimum atomic E-state index is -0.451. The van der Waals surface area contributed by atoms with Gasteiger partial charge in [-0.1, -0.05) is 0 Å². The van der Waals surface area contributed by atoms with E-state index in [-0.39, 0.29) is 17.6 Å². The van der Waals surface area contributed by atoms with Gasteiger partial charge in [0.1, 0.15) is 17.4 Å². The second kappa shape index (κ2) is 7.56. The summed E-state index contributed by atoms with van der Waals surface area (Å²) >= 11 is 0. The summed E-state index contributed by atoms with van der Waals surface area (Å²) in [6.07, 6.45) is 5.77. The molecule has 1 saturated heterocycles. The molecule has 2 fully saturated rings. The van der Waals surface area contributed by atoms with Crippen LogP contribution >= 0.6 is 0 Å². The van der Waals surface area contributed by atoms with E-state index in [0.29, 0.717) is 5.88 Å². The summed E-state index contributed by atoms with van der Waals surface area (Å²) in [6.45, 7) is 9.21. The van der Waals surface area contributed by atoms with E-state index >= 15 is 0 Å². The van der Waals surface area contributed by atoms with Crippen LogP contribution in [-0.2, 0) is 11.8 Å². The molecule has 1 spiro atoms. The van der Waals surface area contributed by atoms with E-state index in [4.69, 9.17) is 9.47 Å². The Kier molecular flexibility index (Phi) is 5.20. The van der Waals surface area contributed by atoms with Gasteiger partial charge >= 0.3 is 6.09 Å². The summed E-state index contributed by atoms with van der Waals surface area (Å²) in [5.41, 5.74) is 2.66. The first-order valence-electron chi connectivity index (χ1n) is 10.6. The minimum absolute atomic E-state index is 0.164. The number of carbonyl (C=O) groups is 1. The lowest BCUT2D eigenvalue weighted by molar-refractivity contribution is -0.0599. The zero-order chi connectivity index (χ0) is 21.5. The molecule has 8 nitrogen and oxygen atoms in total. The van der Waals surface area contributed by atoms with Crippen molar-refractivity contribution in [3.05, 3.63) is 23.9 Å². The van der Waals surface area contributed by atoms with E-state index in [1.807, 2.05) is 58.0 Å². The van der Waals surface area contributed by atoms with Crippen LogP contribution in [0.2, 0.25) is 0 Å². The molecule has 1 aliphatic heterocycles. The van der Waals surface area contributed by atoms with Crippen LogP contribution < -0.4 is 4.74 Å². The van der Waals surface area contributed by atoms with Crippen molar-refractivity contribution in [1.82, 2.24) is 24.9 Å². The molecule has 162 valence electrons. The zero-order valence-corrected chi connectivity index (χ0v) is 18.5. The van der Waals surface area contributed by atoms with Gasteiger partial charge in [-0.3, -0.25) is 4.68 Å². The molecule has 0 radical (unpaired) electrons. The molecule has 0 atom stereocenters. The van der Waals surface area contributed by atoms with Gasteiger partial charge in [-0.05, 0) is 70.4 Å². The molecule has 1 saturated carbocycles. The Morgan fingerprint density at radius 1 is 1.17 bits per heavy atom. The highest BCUT2D eigenvalue weighted by atomic mass is 16.6. The fourth-order valence-corrected chi connectivity index (χ4v) is 4.48. The predicted molar refractivity (Wildman–Crippen MR) is 112 cm³/mol. The van der Waals surface area contributed by atoms with E-state index in [1.54, 1.807) is 4.68 Å². The van der Waals surface area contributed by atoms with Crippen LogP contribution in [-0.4, -0.2) is 55.8 Å². The van der Waals surface area contributed by atoms with Gasteiger partial charge in [-0.25, -0.2) is 4.79 Å². The SMILES string of the molecule is Cc1cnn(C)c1-c1ccc(OC2CC3(CCN(C(=O)OC(C)(C)C)CC3)C2)nn1. The molecule has 0 unspecified atom stereocenters. The minimum Gasteiger partial charge on any atom is -0.473 e. The van der Waals surface area contributed by atoms with Crippen molar-refractivity contribution in [1.29, 1.82) is 0 Å². The Labute approximate surface area is 177 Å². The van der Waals surface area contributed by atoms with Crippen molar-refractivity contribution >= 4 is 6.09 Å². The van der Waals surface area contributed by atoms with Crippen molar-refractivity contribution in [3.8, 4) is 17.3 Å².